The lowest BCUT2D eigenvalue weighted by Crippen LogP contribution is -2.23. The number of hydrogen-bond donors (Lipinski definition) is 1. The molecular weight excluding hydrogens is 472 g/mol. The Balaban J connectivity index is 1.46. The third kappa shape index (κ3) is 4.47. The molecular formula is C25H21ClN4O3S. The Kier molecular flexibility index (Phi) is 6.17. The van der Waals surface area contributed by atoms with Gasteiger partial charge >= 0.3 is 0 Å². The van der Waals surface area contributed by atoms with Crippen LogP contribution < -0.4 is 14.8 Å². The van der Waals surface area contributed by atoms with E-state index in [1.807, 2.05) is 73.0 Å². The van der Waals surface area contributed by atoms with E-state index < -0.39 is 5.25 Å². The third-order valence-electron chi connectivity index (χ3n) is 5.39. The highest BCUT2D eigenvalue weighted by Gasteiger charge is 2.23. The van der Waals surface area contributed by atoms with E-state index in [0.717, 1.165) is 16.8 Å². The number of carbonyl (C=O) groups excluding carboxylic acids is 1. The highest BCUT2D eigenvalue weighted by molar-refractivity contribution is 8.00. The molecule has 5 rings (SSSR count). The van der Waals surface area contributed by atoms with Gasteiger partial charge in [0, 0.05) is 22.0 Å². The van der Waals surface area contributed by atoms with Gasteiger partial charge in [-0.1, -0.05) is 47.6 Å². The summed E-state index contributed by atoms with van der Waals surface area (Å²) in [6.07, 6.45) is 0. The van der Waals surface area contributed by atoms with Crippen molar-refractivity contribution in [3.63, 3.8) is 0 Å². The average molecular weight is 493 g/mol. The van der Waals surface area contributed by atoms with Crippen molar-refractivity contribution in [3.8, 4) is 28.6 Å². The number of rotatable bonds is 6. The molecule has 1 aromatic heterocycles. The van der Waals surface area contributed by atoms with Gasteiger partial charge in [-0.05, 0) is 61.9 Å². The van der Waals surface area contributed by atoms with Crippen LogP contribution in [0.4, 0.5) is 5.69 Å². The van der Waals surface area contributed by atoms with Crippen LogP contribution in [0.5, 0.6) is 11.5 Å². The zero-order valence-electron chi connectivity index (χ0n) is 18.5. The van der Waals surface area contributed by atoms with Crippen LogP contribution in [0.1, 0.15) is 12.5 Å². The number of nitrogens with one attached hydrogen (secondary N) is 1. The van der Waals surface area contributed by atoms with Crippen molar-refractivity contribution in [2.75, 3.05) is 12.1 Å². The number of thioether (sulfide) groups is 1. The standard InChI is InChI=1S/C25H21ClN4O3S/c1-15-8-10-18(26)13-20(15)27-24(31)16(2)34-25-29-28-23(30(25)19-6-4-3-5-7-19)17-9-11-21-22(12-17)33-14-32-21/h3-13,16H,14H2,1-2H3,(H,27,31). The number of nitrogens with zero attached hydrogens (tertiary/aromatic N) is 3. The number of aromatic nitrogens is 3. The first-order valence-electron chi connectivity index (χ1n) is 10.6. The Bertz CT molecular complexity index is 1360. The second-order valence-electron chi connectivity index (χ2n) is 7.75. The molecule has 2 heterocycles. The van der Waals surface area contributed by atoms with Gasteiger partial charge < -0.3 is 14.8 Å². The summed E-state index contributed by atoms with van der Waals surface area (Å²) in [7, 11) is 0. The molecule has 1 aliphatic rings. The molecule has 0 saturated carbocycles. The number of para-hydroxylation sites is 1. The number of halogens is 1. The molecule has 0 aliphatic carbocycles. The van der Waals surface area contributed by atoms with Gasteiger partial charge in [-0.15, -0.1) is 10.2 Å². The summed E-state index contributed by atoms with van der Waals surface area (Å²) in [4.78, 5) is 13.0. The summed E-state index contributed by atoms with van der Waals surface area (Å²) in [5, 5.41) is 12.6. The van der Waals surface area contributed by atoms with Gasteiger partial charge in [-0.2, -0.15) is 0 Å². The van der Waals surface area contributed by atoms with Crippen molar-refractivity contribution in [1.29, 1.82) is 0 Å². The van der Waals surface area contributed by atoms with Gasteiger partial charge in [-0.25, -0.2) is 0 Å². The second-order valence-corrected chi connectivity index (χ2v) is 9.50. The zero-order chi connectivity index (χ0) is 23.7. The Hall–Kier alpha value is -3.49. The Morgan fingerprint density at radius 3 is 2.68 bits per heavy atom. The maximum atomic E-state index is 13.0. The van der Waals surface area contributed by atoms with E-state index in [4.69, 9.17) is 21.1 Å². The van der Waals surface area contributed by atoms with Crippen LogP contribution in [0, 0.1) is 6.92 Å². The first kappa shape index (κ1) is 22.3. The predicted molar refractivity (Wildman–Crippen MR) is 133 cm³/mol. The van der Waals surface area contributed by atoms with Gasteiger partial charge in [0.05, 0.1) is 5.25 Å². The number of anilines is 1. The predicted octanol–water partition coefficient (Wildman–Crippen LogP) is 5.74. The molecule has 1 amide bonds. The first-order valence-corrected chi connectivity index (χ1v) is 11.9. The Morgan fingerprint density at radius 2 is 1.85 bits per heavy atom. The summed E-state index contributed by atoms with van der Waals surface area (Å²) < 4.78 is 12.9. The number of benzene rings is 3. The lowest BCUT2D eigenvalue weighted by molar-refractivity contribution is -0.115. The summed E-state index contributed by atoms with van der Waals surface area (Å²) in [6.45, 7) is 3.96. The molecule has 0 radical (unpaired) electrons. The van der Waals surface area contributed by atoms with E-state index in [1.54, 1.807) is 12.1 Å². The largest absolute Gasteiger partial charge is 0.454 e. The second kappa shape index (κ2) is 9.40. The monoisotopic (exact) mass is 492 g/mol. The minimum atomic E-state index is -0.436. The number of aryl methyl sites for hydroxylation is 1. The van der Waals surface area contributed by atoms with Gasteiger partial charge in [0.1, 0.15) is 0 Å². The van der Waals surface area contributed by atoms with Crippen molar-refractivity contribution >= 4 is 35.0 Å². The fraction of sp³-hybridized carbons (Fsp3) is 0.160. The smallest absolute Gasteiger partial charge is 0.237 e. The summed E-state index contributed by atoms with van der Waals surface area (Å²) in [6, 6.07) is 20.9. The molecule has 0 saturated heterocycles. The fourth-order valence-corrected chi connectivity index (χ4v) is 4.59. The maximum absolute atomic E-state index is 13.0. The van der Waals surface area contributed by atoms with Gasteiger partial charge in [-0.3, -0.25) is 9.36 Å². The molecule has 4 aromatic rings. The van der Waals surface area contributed by atoms with Crippen molar-refractivity contribution in [2.24, 2.45) is 0 Å². The molecule has 34 heavy (non-hydrogen) atoms. The van der Waals surface area contributed by atoms with Crippen molar-refractivity contribution in [1.82, 2.24) is 14.8 Å². The maximum Gasteiger partial charge on any atom is 0.237 e. The number of hydrogen-bond acceptors (Lipinski definition) is 6. The van der Waals surface area contributed by atoms with Crippen LogP contribution in [0.2, 0.25) is 5.02 Å². The summed E-state index contributed by atoms with van der Waals surface area (Å²) >= 11 is 7.43. The van der Waals surface area contributed by atoms with Crippen molar-refractivity contribution in [3.05, 3.63) is 77.3 Å². The highest BCUT2D eigenvalue weighted by atomic mass is 35.5. The summed E-state index contributed by atoms with van der Waals surface area (Å²) in [5.74, 6) is 1.86. The SMILES string of the molecule is Cc1ccc(Cl)cc1NC(=O)C(C)Sc1nnc(-c2ccc3c(c2)OCO3)n1-c1ccccc1. The quantitative estimate of drug-likeness (QED) is 0.345. The molecule has 1 unspecified atom stereocenters. The highest BCUT2D eigenvalue weighted by Crippen LogP contribution is 2.37. The van der Waals surface area contributed by atoms with Gasteiger partial charge in [0.25, 0.3) is 0 Å². The van der Waals surface area contributed by atoms with Crippen LogP contribution in [-0.4, -0.2) is 32.7 Å². The number of ether oxygens (including phenoxy) is 2. The molecule has 0 fully saturated rings. The Labute approximate surface area is 206 Å². The lowest BCUT2D eigenvalue weighted by Gasteiger charge is -2.15. The van der Waals surface area contributed by atoms with Crippen LogP contribution in [0.25, 0.3) is 17.1 Å². The van der Waals surface area contributed by atoms with Crippen molar-refractivity contribution < 1.29 is 14.3 Å². The van der Waals surface area contributed by atoms with Crippen LogP contribution in [0.15, 0.2) is 71.9 Å². The number of carbonyl (C=O) groups is 1. The fourth-order valence-electron chi connectivity index (χ4n) is 3.55. The van der Waals surface area contributed by atoms with Gasteiger partial charge in [0.15, 0.2) is 22.5 Å². The van der Waals surface area contributed by atoms with E-state index in [9.17, 15) is 4.79 Å². The molecule has 1 N–H and O–H groups in total. The molecule has 7 nitrogen and oxygen atoms in total. The van der Waals surface area contributed by atoms with E-state index in [2.05, 4.69) is 15.5 Å². The molecule has 9 heteroatoms. The van der Waals surface area contributed by atoms with E-state index in [1.165, 1.54) is 11.8 Å². The lowest BCUT2D eigenvalue weighted by atomic mass is 10.2. The minimum Gasteiger partial charge on any atom is -0.454 e. The Morgan fingerprint density at radius 1 is 1.06 bits per heavy atom. The molecule has 1 aliphatic heterocycles. The van der Waals surface area contributed by atoms with E-state index in [-0.39, 0.29) is 12.7 Å². The topological polar surface area (TPSA) is 78.3 Å². The first-order chi connectivity index (χ1) is 16.5. The van der Waals surface area contributed by atoms with E-state index >= 15 is 0 Å². The van der Waals surface area contributed by atoms with Crippen LogP contribution in [-0.2, 0) is 4.79 Å². The molecule has 1 atom stereocenters. The van der Waals surface area contributed by atoms with Crippen LogP contribution >= 0.6 is 23.4 Å². The zero-order valence-corrected chi connectivity index (χ0v) is 20.1. The summed E-state index contributed by atoms with van der Waals surface area (Å²) in [5.41, 5.74) is 3.35. The van der Waals surface area contributed by atoms with Crippen molar-refractivity contribution in [2.45, 2.75) is 24.3 Å². The number of fused-ring (bicyclic) bond motifs is 1. The van der Waals surface area contributed by atoms with Gasteiger partial charge in [0.2, 0.25) is 12.7 Å². The molecule has 0 bridgehead atoms. The van der Waals surface area contributed by atoms with Crippen LogP contribution in [0.3, 0.4) is 0 Å². The number of amides is 1. The third-order valence-corrected chi connectivity index (χ3v) is 6.67. The molecule has 172 valence electrons. The minimum absolute atomic E-state index is 0.150. The normalized spacial score (nSPS) is 13.0. The van der Waals surface area contributed by atoms with E-state index in [0.29, 0.717) is 33.2 Å². The molecule has 0 spiro atoms. The average Bonchev–Trinajstić information content (AvgIpc) is 3.48. The molecule has 3 aromatic carbocycles.